The number of carbonyl (C=O) groups excluding carboxylic acids is 4. The molecule has 0 unspecified atom stereocenters. The molecule has 10 nitrogen and oxygen atoms in total. The van der Waals surface area contributed by atoms with Crippen molar-refractivity contribution in [3.8, 4) is 0 Å². The molecule has 29 heavy (non-hydrogen) atoms. The molecule has 1 saturated heterocycles. The van der Waals surface area contributed by atoms with E-state index in [1.807, 2.05) is 0 Å². The Morgan fingerprint density at radius 1 is 0.724 bits per heavy atom. The van der Waals surface area contributed by atoms with Gasteiger partial charge in [0.05, 0.1) is 0 Å². The van der Waals surface area contributed by atoms with Gasteiger partial charge in [-0.25, -0.2) is 0 Å². The van der Waals surface area contributed by atoms with Gasteiger partial charge in [-0.15, -0.1) is 0 Å². The standard InChI is InChI=1S/C17H22Cl2O10/c1-7(16(18)19)25-17-15(28-11(5)23)14(27-10(4)22)13(26-9(3)21)12(29-17)6-24-8(2)20/h12-15,17H,6H2,1-5H3/t12-,13+,14+,15-,17+/m1/s1. The van der Waals surface area contributed by atoms with Gasteiger partial charge in [-0.05, 0) is 6.92 Å². The summed E-state index contributed by atoms with van der Waals surface area (Å²) in [7, 11) is 0. The predicted octanol–water partition coefficient (Wildman–Crippen LogP) is 1.75. The highest BCUT2D eigenvalue weighted by Crippen LogP contribution is 2.31. The molecule has 1 heterocycles. The Labute approximate surface area is 177 Å². The van der Waals surface area contributed by atoms with E-state index < -0.39 is 54.6 Å². The SMILES string of the molecule is CC(=O)OC[C@H]1O[C@H](OC(C)=C(Cl)Cl)[C@H](OC(C)=O)[C@@H](OC(C)=O)[C@H]1OC(C)=O. The average Bonchev–Trinajstić information content (AvgIpc) is 2.56. The van der Waals surface area contributed by atoms with Gasteiger partial charge in [-0.1, -0.05) is 23.2 Å². The molecule has 0 saturated carbocycles. The van der Waals surface area contributed by atoms with Crippen LogP contribution in [0.3, 0.4) is 0 Å². The van der Waals surface area contributed by atoms with Crippen molar-refractivity contribution in [2.24, 2.45) is 0 Å². The fourth-order valence-electron chi connectivity index (χ4n) is 2.50. The van der Waals surface area contributed by atoms with Crippen molar-refractivity contribution >= 4 is 47.1 Å². The molecular weight excluding hydrogens is 435 g/mol. The van der Waals surface area contributed by atoms with Crippen LogP contribution in [0.15, 0.2) is 10.3 Å². The molecule has 1 aliphatic rings. The van der Waals surface area contributed by atoms with Crippen LogP contribution < -0.4 is 0 Å². The molecule has 1 fully saturated rings. The minimum absolute atomic E-state index is 0.0224. The normalized spacial score (nSPS) is 26.0. The van der Waals surface area contributed by atoms with E-state index in [1.165, 1.54) is 13.8 Å². The molecule has 5 atom stereocenters. The van der Waals surface area contributed by atoms with Crippen LogP contribution in [0.2, 0.25) is 0 Å². The average molecular weight is 457 g/mol. The lowest BCUT2D eigenvalue weighted by molar-refractivity contribution is -0.299. The third-order valence-corrected chi connectivity index (χ3v) is 4.04. The second-order valence-electron chi connectivity index (χ2n) is 6.00. The topological polar surface area (TPSA) is 124 Å². The van der Waals surface area contributed by atoms with Crippen molar-refractivity contribution in [1.29, 1.82) is 0 Å². The Balaban J connectivity index is 3.37. The molecule has 164 valence electrons. The highest BCUT2D eigenvalue weighted by Gasteiger charge is 2.53. The zero-order valence-electron chi connectivity index (χ0n) is 16.4. The van der Waals surface area contributed by atoms with Gasteiger partial charge in [0.2, 0.25) is 12.4 Å². The molecular formula is C17H22Cl2O10. The Hall–Kier alpha value is -2.04. The van der Waals surface area contributed by atoms with Crippen LogP contribution in [-0.2, 0) is 47.6 Å². The van der Waals surface area contributed by atoms with Crippen LogP contribution in [0, 0.1) is 0 Å². The Kier molecular flexibility index (Phi) is 9.67. The number of rotatable bonds is 7. The van der Waals surface area contributed by atoms with E-state index in [9.17, 15) is 19.2 Å². The van der Waals surface area contributed by atoms with Crippen LogP contribution in [-0.4, -0.2) is 61.2 Å². The number of carbonyl (C=O) groups is 4. The Bertz CT molecular complexity index is 673. The summed E-state index contributed by atoms with van der Waals surface area (Å²) in [6, 6.07) is 0. The maximum Gasteiger partial charge on any atom is 0.303 e. The second kappa shape index (κ2) is 11.2. The summed E-state index contributed by atoms with van der Waals surface area (Å²) < 4.78 is 31.6. The van der Waals surface area contributed by atoms with Crippen LogP contribution in [0.5, 0.6) is 0 Å². The van der Waals surface area contributed by atoms with Crippen molar-refractivity contribution in [1.82, 2.24) is 0 Å². The van der Waals surface area contributed by atoms with Crippen molar-refractivity contribution < 1.29 is 47.6 Å². The number of ether oxygens (including phenoxy) is 6. The largest absolute Gasteiger partial charge is 0.463 e. The first-order valence-corrected chi connectivity index (χ1v) is 9.17. The Morgan fingerprint density at radius 2 is 1.21 bits per heavy atom. The van der Waals surface area contributed by atoms with Crippen molar-refractivity contribution in [2.45, 2.75) is 65.3 Å². The number of esters is 4. The van der Waals surface area contributed by atoms with Crippen LogP contribution in [0.25, 0.3) is 0 Å². The van der Waals surface area contributed by atoms with Crippen LogP contribution >= 0.6 is 23.2 Å². The highest BCUT2D eigenvalue weighted by atomic mass is 35.5. The van der Waals surface area contributed by atoms with E-state index in [4.69, 9.17) is 51.6 Å². The molecule has 1 rings (SSSR count). The minimum atomic E-state index is -1.37. The first kappa shape index (κ1) is 25.0. The third-order valence-electron chi connectivity index (χ3n) is 3.51. The fourth-order valence-corrected chi connectivity index (χ4v) is 2.59. The molecule has 0 aliphatic carbocycles. The van der Waals surface area contributed by atoms with Crippen molar-refractivity contribution in [3.05, 3.63) is 10.3 Å². The quantitative estimate of drug-likeness (QED) is 0.317. The van der Waals surface area contributed by atoms with E-state index in [2.05, 4.69) is 0 Å². The highest BCUT2D eigenvalue weighted by molar-refractivity contribution is 6.56. The minimum Gasteiger partial charge on any atom is -0.463 e. The summed E-state index contributed by atoms with van der Waals surface area (Å²) in [6.07, 6.45) is -6.44. The third kappa shape index (κ3) is 8.08. The summed E-state index contributed by atoms with van der Waals surface area (Å²) >= 11 is 11.4. The maximum absolute atomic E-state index is 11.7. The van der Waals surface area contributed by atoms with E-state index in [0.29, 0.717) is 0 Å². The first-order chi connectivity index (χ1) is 13.4. The van der Waals surface area contributed by atoms with Crippen molar-refractivity contribution in [3.63, 3.8) is 0 Å². The van der Waals surface area contributed by atoms with Gasteiger partial charge in [0.15, 0.2) is 12.2 Å². The molecule has 0 aromatic carbocycles. The summed E-state index contributed by atoms with van der Waals surface area (Å²) in [5, 5.41) is 0. The smallest absolute Gasteiger partial charge is 0.303 e. The van der Waals surface area contributed by atoms with Gasteiger partial charge < -0.3 is 28.4 Å². The summed E-state index contributed by atoms with van der Waals surface area (Å²) in [4.78, 5) is 46.1. The lowest BCUT2D eigenvalue weighted by Crippen LogP contribution is -2.62. The zero-order valence-corrected chi connectivity index (χ0v) is 17.9. The molecule has 0 N–H and O–H groups in total. The maximum atomic E-state index is 11.7. The Morgan fingerprint density at radius 3 is 1.66 bits per heavy atom. The van der Waals surface area contributed by atoms with Gasteiger partial charge in [0.1, 0.15) is 23.0 Å². The molecule has 0 bridgehead atoms. The number of hydrogen-bond donors (Lipinski definition) is 0. The van der Waals surface area contributed by atoms with Gasteiger partial charge in [-0.2, -0.15) is 0 Å². The molecule has 0 radical (unpaired) electrons. The van der Waals surface area contributed by atoms with E-state index in [-0.39, 0.29) is 16.9 Å². The first-order valence-electron chi connectivity index (χ1n) is 8.41. The number of halogens is 2. The van der Waals surface area contributed by atoms with Crippen LogP contribution in [0.4, 0.5) is 0 Å². The summed E-state index contributed by atoms with van der Waals surface area (Å²) in [5.74, 6) is -2.83. The van der Waals surface area contributed by atoms with E-state index >= 15 is 0 Å². The molecule has 0 spiro atoms. The summed E-state index contributed by atoms with van der Waals surface area (Å²) in [6.45, 7) is 5.58. The lowest BCUT2D eigenvalue weighted by atomic mass is 9.98. The van der Waals surface area contributed by atoms with Gasteiger partial charge in [-0.3, -0.25) is 19.2 Å². The van der Waals surface area contributed by atoms with Gasteiger partial charge >= 0.3 is 23.9 Å². The van der Waals surface area contributed by atoms with Crippen molar-refractivity contribution in [2.75, 3.05) is 6.61 Å². The molecule has 0 amide bonds. The zero-order chi connectivity index (χ0) is 22.3. The monoisotopic (exact) mass is 456 g/mol. The molecule has 0 aromatic rings. The van der Waals surface area contributed by atoms with E-state index in [0.717, 1.165) is 20.8 Å². The van der Waals surface area contributed by atoms with Gasteiger partial charge in [0.25, 0.3) is 0 Å². The fraction of sp³-hybridized carbons (Fsp3) is 0.647. The van der Waals surface area contributed by atoms with E-state index in [1.54, 1.807) is 0 Å². The summed E-state index contributed by atoms with van der Waals surface area (Å²) in [5.41, 5.74) is 0. The van der Waals surface area contributed by atoms with Crippen LogP contribution in [0.1, 0.15) is 34.6 Å². The van der Waals surface area contributed by atoms with Gasteiger partial charge in [0, 0.05) is 27.7 Å². The lowest BCUT2D eigenvalue weighted by Gasteiger charge is -2.44. The number of hydrogen-bond acceptors (Lipinski definition) is 10. The molecule has 0 aromatic heterocycles. The predicted molar refractivity (Wildman–Crippen MR) is 97.4 cm³/mol. The second-order valence-corrected chi connectivity index (χ2v) is 6.95. The molecule has 1 aliphatic heterocycles. The molecule has 12 heteroatoms. The number of allylic oxidation sites excluding steroid dienone is 1.